The van der Waals surface area contributed by atoms with Crippen LogP contribution in [0.3, 0.4) is 0 Å². The Morgan fingerprint density at radius 1 is 1.47 bits per heavy atom. The van der Waals surface area contributed by atoms with Gasteiger partial charge in [0.1, 0.15) is 0 Å². The van der Waals surface area contributed by atoms with Gasteiger partial charge in [-0.05, 0) is 35.0 Å². The molecule has 2 aromatic rings. The number of hydrogen-bond donors (Lipinski definition) is 1. The number of nitrogens with one attached hydrogen (secondary N) is 1. The number of nitro groups is 1. The van der Waals surface area contributed by atoms with Crippen molar-refractivity contribution < 1.29 is 9.31 Å². The maximum atomic E-state index is 13.5. The molecule has 1 heterocycles. The van der Waals surface area contributed by atoms with E-state index in [-0.39, 0.29) is 6.04 Å². The molecule has 1 atom stereocenters. The fraction of sp³-hybridized carbons (Fsp3) is 0.167. The second kappa shape index (κ2) is 5.66. The van der Waals surface area contributed by atoms with Gasteiger partial charge in [0.15, 0.2) is 0 Å². The monoisotopic (exact) mass is 344 g/mol. The normalized spacial score (nSPS) is 12.2. The summed E-state index contributed by atoms with van der Waals surface area (Å²) in [6.45, 7) is 1.94. The zero-order valence-electron chi connectivity index (χ0n) is 9.89. The van der Waals surface area contributed by atoms with Crippen molar-refractivity contribution in [2.45, 2.75) is 13.0 Å². The van der Waals surface area contributed by atoms with Gasteiger partial charge in [-0.15, -0.1) is 11.3 Å². The van der Waals surface area contributed by atoms with E-state index in [2.05, 4.69) is 21.2 Å². The van der Waals surface area contributed by atoms with E-state index in [4.69, 9.17) is 0 Å². The third-order valence-electron chi connectivity index (χ3n) is 2.54. The van der Waals surface area contributed by atoms with Crippen molar-refractivity contribution in [1.82, 2.24) is 0 Å². The van der Waals surface area contributed by atoms with Gasteiger partial charge in [0.25, 0.3) is 0 Å². The van der Waals surface area contributed by atoms with Crippen LogP contribution in [0.25, 0.3) is 0 Å². The summed E-state index contributed by atoms with van der Waals surface area (Å²) in [7, 11) is 0. The van der Waals surface area contributed by atoms with Crippen molar-refractivity contribution >= 4 is 38.6 Å². The molecule has 100 valence electrons. The van der Waals surface area contributed by atoms with Gasteiger partial charge in [-0.2, -0.15) is 4.39 Å². The Bertz CT molecular complexity index is 618. The third-order valence-corrected chi connectivity index (χ3v) is 4.42. The van der Waals surface area contributed by atoms with E-state index in [1.807, 2.05) is 18.4 Å². The predicted octanol–water partition coefficient (Wildman–Crippen LogP) is 4.73. The molecule has 0 amide bonds. The maximum Gasteiger partial charge on any atom is 0.304 e. The van der Waals surface area contributed by atoms with Crippen LogP contribution < -0.4 is 5.32 Å². The van der Waals surface area contributed by atoms with Crippen molar-refractivity contribution in [3.8, 4) is 0 Å². The van der Waals surface area contributed by atoms with E-state index in [0.29, 0.717) is 5.69 Å². The quantitative estimate of drug-likeness (QED) is 0.644. The van der Waals surface area contributed by atoms with E-state index in [9.17, 15) is 14.5 Å². The van der Waals surface area contributed by atoms with Crippen molar-refractivity contribution in [2.24, 2.45) is 0 Å². The second-order valence-electron chi connectivity index (χ2n) is 3.96. The number of nitrogens with zero attached hydrogens (tertiary/aromatic N) is 1. The first-order chi connectivity index (χ1) is 8.97. The van der Waals surface area contributed by atoms with Gasteiger partial charge in [0.2, 0.25) is 5.82 Å². The number of benzene rings is 1. The van der Waals surface area contributed by atoms with Gasteiger partial charge in [0.05, 0.1) is 11.0 Å². The molecule has 1 N–H and O–H groups in total. The van der Waals surface area contributed by atoms with Gasteiger partial charge in [-0.25, -0.2) is 0 Å². The zero-order valence-corrected chi connectivity index (χ0v) is 12.3. The highest BCUT2D eigenvalue weighted by atomic mass is 79.9. The summed E-state index contributed by atoms with van der Waals surface area (Å²) >= 11 is 4.95. The van der Waals surface area contributed by atoms with Gasteiger partial charge in [-0.1, -0.05) is 0 Å². The molecule has 2 rings (SSSR count). The minimum atomic E-state index is -0.838. The SMILES string of the molecule is CC(Nc1ccc([N+](=O)[O-])c(F)c1)c1cc(Br)cs1. The summed E-state index contributed by atoms with van der Waals surface area (Å²) in [6, 6.07) is 5.77. The Morgan fingerprint density at radius 3 is 2.74 bits per heavy atom. The van der Waals surface area contributed by atoms with Crippen LogP contribution in [-0.4, -0.2) is 4.92 Å². The second-order valence-corrected chi connectivity index (χ2v) is 5.82. The molecule has 0 saturated heterocycles. The summed E-state index contributed by atoms with van der Waals surface area (Å²) in [5.41, 5.74) is -0.00260. The first-order valence-electron chi connectivity index (χ1n) is 5.42. The summed E-state index contributed by atoms with van der Waals surface area (Å²) in [5, 5.41) is 15.6. The molecule has 1 unspecified atom stereocenters. The zero-order chi connectivity index (χ0) is 14.0. The molecule has 0 aliphatic heterocycles. The molecule has 0 spiro atoms. The molecule has 0 bridgehead atoms. The molecule has 19 heavy (non-hydrogen) atoms. The van der Waals surface area contributed by atoms with E-state index >= 15 is 0 Å². The molecule has 0 aliphatic carbocycles. The van der Waals surface area contributed by atoms with E-state index in [1.54, 1.807) is 11.3 Å². The lowest BCUT2D eigenvalue weighted by atomic mass is 10.2. The Balaban J connectivity index is 2.15. The Labute approximate surface area is 121 Å². The third kappa shape index (κ3) is 3.30. The molecule has 7 heteroatoms. The highest BCUT2D eigenvalue weighted by Crippen LogP contribution is 2.29. The summed E-state index contributed by atoms with van der Waals surface area (Å²) in [5.74, 6) is -0.838. The van der Waals surface area contributed by atoms with Crippen LogP contribution in [0.1, 0.15) is 17.8 Å². The minimum absolute atomic E-state index is 0.00263. The number of rotatable bonds is 4. The summed E-state index contributed by atoms with van der Waals surface area (Å²) in [4.78, 5) is 10.9. The van der Waals surface area contributed by atoms with Crippen LogP contribution in [0.4, 0.5) is 15.8 Å². The average Bonchev–Trinajstić information content (AvgIpc) is 2.75. The molecule has 1 aromatic heterocycles. The highest BCUT2D eigenvalue weighted by molar-refractivity contribution is 9.10. The van der Waals surface area contributed by atoms with E-state index in [1.165, 1.54) is 6.07 Å². The number of halogens is 2. The molecule has 4 nitrogen and oxygen atoms in total. The summed E-state index contributed by atoms with van der Waals surface area (Å²) in [6.07, 6.45) is 0. The molecule has 1 aromatic carbocycles. The standard InChI is InChI=1S/C12H10BrFN2O2S/c1-7(12-4-8(13)6-19-12)15-9-2-3-11(16(17)18)10(14)5-9/h2-7,15H,1H3. The van der Waals surface area contributed by atoms with E-state index < -0.39 is 16.4 Å². The van der Waals surface area contributed by atoms with Crippen LogP contribution in [0.15, 0.2) is 34.1 Å². The molecule has 0 aliphatic rings. The van der Waals surface area contributed by atoms with Gasteiger partial charge >= 0.3 is 5.69 Å². The molecule has 0 saturated carbocycles. The molecular formula is C12H10BrFN2O2S. The van der Waals surface area contributed by atoms with Crippen LogP contribution in [0.2, 0.25) is 0 Å². The Hall–Kier alpha value is -1.47. The number of thiophene rings is 1. The van der Waals surface area contributed by atoms with Crippen molar-refractivity contribution in [2.75, 3.05) is 5.32 Å². The Kier molecular flexibility index (Phi) is 4.16. The van der Waals surface area contributed by atoms with Crippen LogP contribution >= 0.6 is 27.3 Å². The van der Waals surface area contributed by atoms with Crippen LogP contribution in [-0.2, 0) is 0 Å². The van der Waals surface area contributed by atoms with Crippen molar-refractivity contribution in [1.29, 1.82) is 0 Å². The van der Waals surface area contributed by atoms with E-state index in [0.717, 1.165) is 21.5 Å². The lowest BCUT2D eigenvalue weighted by Crippen LogP contribution is -2.05. The number of anilines is 1. The van der Waals surface area contributed by atoms with Crippen LogP contribution in [0.5, 0.6) is 0 Å². The maximum absolute atomic E-state index is 13.5. The minimum Gasteiger partial charge on any atom is -0.378 e. The van der Waals surface area contributed by atoms with Crippen molar-refractivity contribution in [3.63, 3.8) is 0 Å². The number of hydrogen-bond acceptors (Lipinski definition) is 4. The average molecular weight is 345 g/mol. The highest BCUT2D eigenvalue weighted by Gasteiger charge is 2.15. The van der Waals surface area contributed by atoms with Gasteiger partial charge < -0.3 is 5.32 Å². The van der Waals surface area contributed by atoms with Gasteiger partial charge in [-0.3, -0.25) is 10.1 Å². The molecule has 0 fully saturated rings. The lowest BCUT2D eigenvalue weighted by Gasteiger charge is -2.13. The first kappa shape index (κ1) is 14.0. The number of nitro benzene ring substituents is 1. The summed E-state index contributed by atoms with van der Waals surface area (Å²) < 4.78 is 14.5. The first-order valence-corrected chi connectivity index (χ1v) is 7.09. The van der Waals surface area contributed by atoms with Gasteiger partial charge in [0, 0.05) is 32.6 Å². The van der Waals surface area contributed by atoms with Crippen LogP contribution in [0, 0.1) is 15.9 Å². The topological polar surface area (TPSA) is 55.2 Å². The Morgan fingerprint density at radius 2 is 2.21 bits per heavy atom. The predicted molar refractivity (Wildman–Crippen MR) is 77.1 cm³/mol. The molecule has 0 radical (unpaired) electrons. The lowest BCUT2D eigenvalue weighted by molar-refractivity contribution is -0.387. The molecular weight excluding hydrogens is 335 g/mol. The van der Waals surface area contributed by atoms with Crippen molar-refractivity contribution in [3.05, 3.63) is 54.9 Å². The fourth-order valence-corrected chi connectivity index (χ4v) is 3.07. The fourth-order valence-electron chi connectivity index (χ4n) is 1.62. The smallest absolute Gasteiger partial charge is 0.304 e. The largest absolute Gasteiger partial charge is 0.378 e.